The van der Waals surface area contributed by atoms with Gasteiger partial charge in [-0.15, -0.1) is 11.8 Å². The van der Waals surface area contributed by atoms with Crippen LogP contribution in [0, 0.1) is 0 Å². The van der Waals surface area contributed by atoms with Crippen molar-refractivity contribution in [2.45, 2.75) is 11.4 Å². The van der Waals surface area contributed by atoms with Crippen LogP contribution in [-0.2, 0) is 4.79 Å². The van der Waals surface area contributed by atoms with Gasteiger partial charge in [0.05, 0.1) is 17.0 Å². The number of likely N-dealkylation sites (N-methyl/N-ethyl adjacent to an activating group) is 1. The first-order valence-electron chi connectivity index (χ1n) is 7.17. The molecule has 1 aromatic carbocycles. The van der Waals surface area contributed by atoms with Gasteiger partial charge < -0.3 is 19.5 Å². The Balaban J connectivity index is 2.14. The summed E-state index contributed by atoms with van der Waals surface area (Å²) in [6.07, 6.45) is 0. The third-order valence-electron chi connectivity index (χ3n) is 3.42. The molecule has 128 valence electrons. The number of benzene rings is 1. The van der Waals surface area contributed by atoms with E-state index in [0.717, 1.165) is 16.6 Å². The number of hydrogen-bond donors (Lipinski definition) is 2. The van der Waals surface area contributed by atoms with Crippen LogP contribution in [0.2, 0.25) is 0 Å². The average molecular weight is 405 g/mol. The second kappa shape index (κ2) is 8.23. The number of hydrogen-bond acceptors (Lipinski definition) is 6. The van der Waals surface area contributed by atoms with Crippen LogP contribution in [0.1, 0.15) is 10.9 Å². The van der Waals surface area contributed by atoms with Gasteiger partial charge in [-0.25, -0.2) is 0 Å². The SMILES string of the molecule is COc1cc(C2NC(C(=O)O)CS2)cc(Br)c1OCCN(C)C. The van der Waals surface area contributed by atoms with Crippen LogP contribution in [0.15, 0.2) is 16.6 Å². The second-order valence-corrected chi connectivity index (χ2v) is 7.45. The molecule has 1 aliphatic heterocycles. The Bertz CT molecular complexity index is 571. The van der Waals surface area contributed by atoms with Gasteiger partial charge in [0.15, 0.2) is 11.5 Å². The maximum absolute atomic E-state index is 11.1. The molecule has 1 saturated heterocycles. The molecule has 0 radical (unpaired) electrons. The Labute approximate surface area is 148 Å². The minimum atomic E-state index is -0.824. The van der Waals surface area contributed by atoms with Gasteiger partial charge >= 0.3 is 5.97 Å². The molecule has 1 heterocycles. The minimum Gasteiger partial charge on any atom is -0.493 e. The minimum absolute atomic E-state index is 0.0721. The number of nitrogens with zero attached hydrogens (tertiary/aromatic N) is 1. The lowest BCUT2D eigenvalue weighted by atomic mass is 10.2. The summed E-state index contributed by atoms with van der Waals surface area (Å²) in [5, 5.41) is 12.1. The third kappa shape index (κ3) is 4.76. The quantitative estimate of drug-likeness (QED) is 0.721. The van der Waals surface area contributed by atoms with Crippen molar-refractivity contribution in [2.75, 3.05) is 40.1 Å². The molecule has 1 aromatic rings. The first-order valence-corrected chi connectivity index (χ1v) is 9.02. The zero-order valence-electron chi connectivity index (χ0n) is 13.3. The number of carboxylic acids is 1. The Morgan fingerprint density at radius 2 is 2.26 bits per heavy atom. The molecule has 2 unspecified atom stereocenters. The Hall–Kier alpha value is -0.960. The summed E-state index contributed by atoms with van der Waals surface area (Å²) in [5.41, 5.74) is 0.961. The van der Waals surface area contributed by atoms with Crippen LogP contribution in [0.4, 0.5) is 0 Å². The summed E-state index contributed by atoms with van der Waals surface area (Å²) < 4.78 is 12.0. The highest BCUT2D eigenvalue weighted by atomic mass is 79.9. The molecule has 2 atom stereocenters. The van der Waals surface area contributed by atoms with E-state index in [4.69, 9.17) is 14.6 Å². The van der Waals surface area contributed by atoms with Crippen molar-refractivity contribution in [3.8, 4) is 11.5 Å². The van der Waals surface area contributed by atoms with Crippen molar-refractivity contribution in [3.63, 3.8) is 0 Å². The van der Waals surface area contributed by atoms with E-state index in [-0.39, 0.29) is 5.37 Å². The zero-order valence-corrected chi connectivity index (χ0v) is 15.7. The predicted octanol–water partition coefficient (Wildman–Crippen LogP) is 2.19. The normalized spacial score (nSPS) is 20.7. The molecule has 2 rings (SSSR count). The van der Waals surface area contributed by atoms with Gasteiger partial charge in [0.1, 0.15) is 12.6 Å². The maximum atomic E-state index is 11.1. The molecular weight excluding hydrogens is 384 g/mol. The van der Waals surface area contributed by atoms with Crippen LogP contribution >= 0.6 is 27.7 Å². The molecule has 2 N–H and O–H groups in total. The number of nitrogens with one attached hydrogen (secondary N) is 1. The van der Waals surface area contributed by atoms with Crippen molar-refractivity contribution < 1.29 is 19.4 Å². The molecular formula is C15H21BrN2O4S. The van der Waals surface area contributed by atoms with Gasteiger partial charge in [-0.1, -0.05) is 0 Å². The fraction of sp³-hybridized carbons (Fsp3) is 0.533. The van der Waals surface area contributed by atoms with Crippen molar-refractivity contribution >= 4 is 33.7 Å². The van der Waals surface area contributed by atoms with Crippen molar-refractivity contribution in [2.24, 2.45) is 0 Å². The number of ether oxygens (including phenoxy) is 2. The molecule has 0 saturated carbocycles. The average Bonchev–Trinajstić information content (AvgIpc) is 2.98. The summed E-state index contributed by atoms with van der Waals surface area (Å²) in [4.78, 5) is 13.1. The fourth-order valence-electron chi connectivity index (χ4n) is 2.17. The van der Waals surface area contributed by atoms with E-state index in [0.29, 0.717) is 23.9 Å². The van der Waals surface area contributed by atoms with Crippen molar-refractivity contribution in [1.82, 2.24) is 10.2 Å². The molecule has 23 heavy (non-hydrogen) atoms. The predicted molar refractivity (Wildman–Crippen MR) is 94.5 cm³/mol. The summed E-state index contributed by atoms with van der Waals surface area (Å²) in [5.74, 6) is 1.01. The van der Waals surface area contributed by atoms with E-state index in [1.165, 1.54) is 0 Å². The molecule has 1 fully saturated rings. The van der Waals surface area contributed by atoms with Gasteiger partial charge in [-0.05, 0) is 47.7 Å². The van der Waals surface area contributed by atoms with E-state index >= 15 is 0 Å². The monoisotopic (exact) mass is 404 g/mol. The fourth-order valence-corrected chi connectivity index (χ4v) is 3.95. The van der Waals surface area contributed by atoms with Gasteiger partial charge in [-0.3, -0.25) is 10.1 Å². The summed E-state index contributed by atoms with van der Waals surface area (Å²) in [6, 6.07) is 3.32. The number of thioether (sulfide) groups is 1. The Kier molecular flexibility index (Phi) is 6.58. The molecule has 0 aliphatic carbocycles. The highest BCUT2D eigenvalue weighted by molar-refractivity contribution is 9.10. The summed E-state index contributed by atoms with van der Waals surface area (Å²) in [6.45, 7) is 1.36. The number of rotatable bonds is 7. The Morgan fingerprint density at radius 3 is 2.83 bits per heavy atom. The largest absolute Gasteiger partial charge is 0.493 e. The van der Waals surface area contributed by atoms with Gasteiger partial charge in [-0.2, -0.15) is 0 Å². The van der Waals surface area contributed by atoms with E-state index < -0.39 is 12.0 Å². The van der Waals surface area contributed by atoms with E-state index in [1.807, 2.05) is 31.1 Å². The Morgan fingerprint density at radius 1 is 1.52 bits per heavy atom. The van der Waals surface area contributed by atoms with Gasteiger partial charge in [0.25, 0.3) is 0 Å². The number of carbonyl (C=O) groups is 1. The third-order valence-corrected chi connectivity index (χ3v) is 5.28. The maximum Gasteiger partial charge on any atom is 0.321 e. The summed E-state index contributed by atoms with van der Waals surface area (Å²) >= 11 is 5.10. The number of halogens is 1. The lowest BCUT2D eigenvalue weighted by Gasteiger charge is -2.18. The van der Waals surface area contributed by atoms with E-state index in [2.05, 4.69) is 21.2 Å². The van der Waals surface area contributed by atoms with Crippen molar-refractivity contribution in [3.05, 3.63) is 22.2 Å². The topological polar surface area (TPSA) is 71.0 Å². The molecule has 0 spiro atoms. The first-order chi connectivity index (χ1) is 10.9. The van der Waals surface area contributed by atoms with Crippen LogP contribution in [0.5, 0.6) is 11.5 Å². The molecule has 0 aromatic heterocycles. The number of methoxy groups -OCH3 is 1. The van der Waals surface area contributed by atoms with E-state index in [1.54, 1.807) is 18.9 Å². The molecule has 1 aliphatic rings. The van der Waals surface area contributed by atoms with Crippen LogP contribution in [-0.4, -0.2) is 62.1 Å². The van der Waals surface area contributed by atoms with E-state index in [9.17, 15) is 4.79 Å². The molecule has 8 heteroatoms. The first kappa shape index (κ1) is 18.4. The van der Waals surface area contributed by atoms with Gasteiger partial charge in [0, 0.05) is 12.3 Å². The smallest absolute Gasteiger partial charge is 0.321 e. The summed E-state index contributed by atoms with van der Waals surface area (Å²) in [7, 11) is 5.57. The highest BCUT2D eigenvalue weighted by Crippen LogP contribution is 2.42. The highest BCUT2D eigenvalue weighted by Gasteiger charge is 2.31. The second-order valence-electron chi connectivity index (χ2n) is 5.46. The van der Waals surface area contributed by atoms with Gasteiger partial charge in [0.2, 0.25) is 0 Å². The van der Waals surface area contributed by atoms with Crippen LogP contribution in [0.25, 0.3) is 0 Å². The number of aliphatic carboxylic acids is 1. The number of carboxylic acid groups (broad SMARTS) is 1. The molecule has 0 bridgehead atoms. The zero-order chi connectivity index (χ0) is 17.0. The van der Waals surface area contributed by atoms with Crippen LogP contribution < -0.4 is 14.8 Å². The lowest BCUT2D eigenvalue weighted by molar-refractivity contribution is -0.138. The molecule has 6 nitrogen and oxygen atoms in total. The van der Waals surface area contributed by atoms with Crippen LogP contribution in [0.3, 0.4) is 0 Å². The van der Waals surface area contributed by atoms with Crippen molar-refractivity contribution in [1.29, 1.82) is 0 Å². The lowest BCUT2D eigenvalue weighted by Crippen LogP contribution is -2.33. The standard InChI is InChI=1S/C15H21BrN2O4S/c1-18(2)4-5-22-13-10(16)6-9(7-12(13)21-3)14-17-11(8-23-14)15(19)20/h6-7,11,14,17H,4-5,8H2,1-3H3,(H,19,20). The molecule has 0 amide bonds.